The van der Waals surface area contributed by atoms with Crippen LogP contribution in [0.3, 0.4) is 0 Å². The van der Waals surface area contributed by atoms with Crippen molar-refractivity contribution in [2.45, 2.75) is 19.2 Å². The summed E-state index contributed by atoms with van der Waals surface area (Å²) >= 11 is 0. The molecule has 11 heavy (non-hydrogen) atoms. The molecule has 0 aliphatic heterocycles. The minimum absolute atomic E-state index is 0.0995. The van der Waals surface area contributed by atoms with Crippen LogP contribution in [0.1, 0.15) is 20.6 Å². The number of carboxylic acid groups (broad SMARTS) is 1. The first kappa shape index (κ1) is 5.81. The molecule has 0 radical (unpaired) electrons. The molecule has 60 valence electrons. The van der Waals surface area contributed by atoms with Gasteiger partial charge in [-0.25, -0.2) is 0 Å². The average molecular weight is 153 g/mol. The molecule has 2 nitrogen and oxygen atoms in total. The molecule has 0 aromatic carbocycles. The molecule has 0 saturated heterocycles. The molecule has 2 aliphatic carbocycles. The van der Waals surface area contributed by atoms with Gasteiger partial charge < -0.3 is 5.11 Å². The molecule has 2 heteroatoms. The molecule has 0 heterocycles. The van der Waals surface area contributed by atoms with Gasteiger partial charge in [0.1, 0.15) is 0 Å². The predicted octanol–water partition coefficient (Wildman–Crippen LogP) is 1.67. The molecular formula is C9H12O2. The maximum atomic E-state index is 10.4. The van der Waals surface area contributed by atoms with Crippen LogP contribution in [0.25, 0.3) is 0 Å². The summed E-state index contributed by atoms with van der Waals surface area (Å²) in [5.74, 6) is 0.156. The third-order valence-corrected chi connectivity index (χ3v) is 2.69. The Hall–Kier alpha value is -0.790. The van der Waals surface area contributed by atoms with Gasteiger partial charge in [0, 0.05) is 7.79 Å². The molecule has 2 aliphatic rings. The van der Waals surface area contributed by atoms with Crippen LogP contribution in [0.4, 0.5) is 0 Å². The summed E-state index contributed by atoms with van der Waals surface area (Å²) in [4.78, 5) is 10.4. The van der Waals surface area contributed by atoms with Crippen molar-refractivity contribution in [3.8, 4) is 0 Å². The van der Waals surface area contributed by atoms with E-state index in [1.165, 1.54) is 0 Å². The average Bonchev–Trinajstić information content (AvgIpc) is 2.44. The fraction of sp³-hybridized carbons (Fsp3) is 0.667. The van der Waals surface area contributed by atoms with E-state index in [2.05, 4.69) is 12.2 Å². The smallest absolute Gasteiger partial charge is 0.303 e. The van der Waals surface area contributed by atoms with E-state index in [0.717, 1.165) is 6.42 Å². The van der Waals surface area contributed by atoms with Crippen molar-refractivity contribution in [2.75, 3.05) is 0 Å². The summed E-state index contributed by atoms with van der Waals surface area (Å²) in [6.45, 7) is 0. The van der Waals surface area contributed by atoms with Crippen molar-refractivity contribution in [3.05, 3.63) is 12.2 Å². The molecule has 0 aromatic rings. The van der Waals surface area contributed by atoms with E-state index >= 15 is 0 Å². The zero-order valence-corrected chi connectivity index (χ0v) is 6.23. The second kappa shape index (κ2) is 2.36. The molecule has 1 fully saturated rings. The van der Waals surface area contributed by atoms with Gasteiger partial charge in [0.05, 0.1) is 0 Å². The Balaban J connectivity index is 1.98. The summed E-state index contributed by atoms with van der Waals surface area (Å²) in [7, 11) is 0. The van der Waals surface area contributed by atoms with Crippen LogP contribution in [0.2, 0.25) is 0 Å². The Labute approximate surface area is 67.3 Å². The molecule has 1 saturated carbocycles. The molecule has 2 rings (SSSR count). The predicted molar refractivity (Wildman–Crippen MR) is 41.1 cm³/mol. The summed E-state index contributed by atoms with van der Waals surface area (Å²) in [6, 6.07) is 0. The number of carboxylic acids is 1. The summed E-state index contributed by atoms with van der Waals surface area (Å²) in [6.07, 6.45) is 5.15. The Morgan fingerprint density at radius 3 is 3.36 bits per heavy atom. The number of fused-ring (bicyclic) bond motifs is 1. The van der Waals surface area contributed by atoms with E-state index in [-0.39, 0.29) is 18.7 Å². The molecule has 0 amide bonds. The monoisotopic (exact) mass is 153 g/mol. The topological polar surface area (TPSA) is 37.3 Å². The first-order valence-corrected chi connectivity index (χ1v) is 4.01. The third kappa shape index (κ3) is 1.06. The normalized spacial score (nSPS) is 47.8. The molecular weight excluding hydrogens is 140 g/mol. The highest BCUT2D eigenvalue weighted by molar-refractivity contribution is 5.67. The highest BCUT2D eigenvalue weighted by atomic mass is 16.4. The minimum Gasteiger partial charge on any atom is -0.481 e. The first-order valence-electron chi connectivity index (χ1n) is 4.58. The number of hydrogen-bond acceptors (Lipinski definition) is 1. The summed E-state index contributed by atoms with van der Waals surface area (Å²) < 4.78 is 7.68. The maximum absolute atomic E-state index is 10.4. The Kier molecular flexibility index (Phi) is 1.25. The van der Waals surface area contributed by atoms with Crippen LogP contribution in [-0.2, 0) is 4.79 Å². The minimum atomic E-state index is -0.761. The van der Waals surface area contributed by atoms with Gasteiger partial charge in [-0.2, -0.15) is 0 Å². The lowest BCUT2D eigenvalue weighted by molar-refractivity contribution is -0.140. The van der Waals surface area contributed by atoms with Crippen molar-refractivity contribution in [1.82, 2.24) is 0 Å². The zero-order chi connectivity index (χ0) is 8.72. The van der Waals surface area contributed by atoms with E-state index in [4.69, 9.17) is 6.48 Å². The molecule has 0 aromatic heterocycles. The van der Waals surface area contributed by atoms with Crippen molar-refractivity contribution in [1.29, 1.82) is 0 Å². The van der Waals surface area contributed by atoms with E-state index in [1.54, 1.807) is 0 Å². The van der Waals surface area contributed by atoms with Crippen LogP contribution in [-0.4, -0.2) is 11.1 Å². The highest BCUT2D eigenvalue weighted by Gasteiger charge is 2.41. The van der Waals surface area contributed by atoms with E-state index in [9.17, 15) is 4.79 Å². The lowest BCUT2D eigenvalue weighted by atomic mass is 9.65. The summed E-state index contributed by atoms with van der Waals surface area (Å²) in [5.41, 5.74) is 0. The Morgan fingerprint density at radius 2 is 2.64 bits per heavy atom. The number of aliphatic carboxylic acids is 1. The van der Waals surface area contributed by atoms with Crippen molar-refractivity contribution < 1.29 is 11.3 Å². The summed E-state index contributed by atoms with van der Waals surface area (Å²) in [5, 5.41) is 8.58. The molecule has 0 unspecified atom stereocenters. The van der Waals surface area contributed by atoms with Crippen LogP contribution >= 0.6 is 0 Å². The van der Waals surface area contributed by atoms with Crippen LogP contribution < -0.4 is 0 Å². The third-order valence-electron chi connectivity index (χ3n) is 2.69. The van der Waals surface area contributed by atoms with E-state index < -0.39 is 5.97 Å². The molecule has 4 atom stereocenters. The molecule has 1 N–H and O–H groups in total. The van der Waals surface area contributed by atoms with Gasteiger partial charge in [0.25, 0.3) is 0 Å². The van der Waals surface area contributed by atoms with Gasteiger partial charge in [-0.15, -0.1) is 0 Å². The molecule has 0 bridgehead atoms. The Bertz CT molecular complexity index is 237. The molecule has 0 spiro atoms. The highest BCUT2D eigenvalue weighted by Crippen LogP contribution is 2.48. The maximum Gasteiger partial charge on any atom is 0.303 e. The second-order valence-corrected chi connectivity index (χ2v) is 3.36. The lowest BCUT2D eigenvalue weighted by Crippen LogP contribution is -2.34. The van der Waals surface area contributed by atoms with Gasteiger partial charge in [-0.05, 0) is 30.6 Å². The number of carbonyl (C=O) groups is 1. The van der Waals surface area contributed by atoms with Crippen molar-refractivity contribution in [2.24, 2.45) is 17.8 Å². The first-order chi connectivity index (χ1) is 5.70. The quantitative estimate of drug-likeness (QED) is 0.613. The van der Waals surface area contributed by atoms with Crippen molar-refractivity contribution in [3.63, 3.8) is 0 Å². The van der Waals surface area contributed by atoms with Gasteiger partial charge in [0.15, 0.2) is 0 Å². The fourth-order valence-electron chi connectivity index (χ4n) is 2.06. The standard InChI is InChI=1S/C9H12O2/c10-9(11)5-7-4-6-2-1-3-8(6)7/h1-2,6-8H,3-5H2,(H,10,11)/t6-,7-,8-/m1/s1/i4D/t4-,6-,7-,8-. The fourth-order valence-corrected chi connectivity index (χ4v) is 2.06. The Morgan fingerprint density at radius 1 is 1.82 bits per heavy atom. The zero-order valence-electron chi connectivity index (χ0n) is 7.23. The van der Waals surface area contributed by atoms with E-state index in [1.807, 2.05) is 0 Å². The number of allylic oxidation sites excluding steroid dienone is 2. The van der Waals surface area contributed by atoms with Gasteiger partial charge in [-0.1, -0.05) is 12.2 Å². The SMILES string of the molecule is [2H][C@@H]1[C@H]2C=CC[C@H]2[C@H]1CC(=O)O. The van der Waals surface area contributed by atoms with Gasteiger partial charge >= 0.3 is 5.97 Å². The second-order valence-electron chi connectivity index (χ2n) is 3.36. The number of hydrogen-bond donors (Lipinski definition) is 1. The van der Waals surface area contributed by atoms with Crippen LogP contribution in [0.5, 0.6) is 0 Å². The van der Waals surface area contributed by atoms with Gasteiger partial charge in [-0.3, -0.25) is 4.79 Å². The lowest BCUT2D eigenvalue weighted by Gasteiger charge is -2.39. The van der Waals surface area contributed by atoms with Crippen molar-refractivity contribution >= 4 is 5.97 Å². The van der Waals surface area contributed by atoms with Crippen LogP contribution in [0.15, 0.2) is 12.2 Å². The largest absolute Gasteiger partial charge is 0.481 e. The number of rotatable bonds is 2. The van der Waals surface area contributed by atoms with Crippen LogP contribution in [0, 0.1) is 17.8 Å². The van der Waals surface area contributed by atoms with Gasteiger partial charge in [0.2, 0.25) is 0 Å². The van der Waals surface area contributed by atoms with E-state index in [0.29, 0.717) is 11.8 Å².